The Bertz CT molecular complexity index is 1610. The third-order valence-electron chi connectivity index (χ3n) is 6.73. The molecule has 2 atom stereocenters. The number of carbonyl (C=O) groups excluding carboxylic acids is 1. The van der Waals surface area contributed by atoms with Gasteiger partial charge < -0.3 is 14.8 Å². The Balaban J connectivity index is 0.000000324. The minimum Gasteiger partial charge on any atom is -0.488 e. The van der Waals surface area contributed by atoms with Crippen molar-refractivity contribution in [3.63, 3.8) is 0 Å². The van der Waals surface area contributed by atoms with Gasteiger partial charge in [-0.05, 0) is 62.9 Å². The highest BCUT2D eigenvalue weighted by Gasteiger charge is 2.21. The fourth-order valence-corrected chi connectivity index (χ4v) is 5.05. The zero-order valence-electron chi connectivity index (χ0n) is 24.3. The van der Waals surface area contributed by atoms with Crippen LogP contribution in [0.25, 0.3) is 11.4 Å². The summed E-state index contributed by atoms with van der Waals surface area (Å²) >= 11 is 0. The molecule has 1 aliphatic carbocycles. The number of hydrogen-bond donors (Lipinski definition) is 2. The molecule has 4 aromatic rings. The fourth-order valence-electron chi connectivity index (χ4n) is 4.57. The summed E-state index contributed by atoms with van der Waals surface area (Å²) in [7, 11) is -4.02. The maximum absolute atomic E-state index is 12.6. The molecular formula is C31H35N5O6S. The number of benzene rings is 1. The largest absolute Gasteiger partial charge is 0.488 e. The molecule has 1 fully saturated rings. The van der Waals surface area contributed by atoms with E-state index in [1.54, 1.807) is 61.3 Å². The molecule has 2 N–H and O–H groups in total. The van der Waals surface area contributed by atoms with Crippen LogP contribution in [-0.2, 0) is 10.1 Å². The van der Waals surface area contributed by atoms with Crippen molar-refractivity contribution in [2.75, 3.05) is 6.61 Å². The first-order valence-corrected chi connectivity index (χ1v) is 15.4. The van der Waals surface area contributed by atoms with Crippen LogP contribution in [0.4, 0.5) is 0 Å². The number of aryl methyl sites for hydroxylation is 1. The monoisotopic (exact) mass is 605 g/mol. The Morgan fingerprint density at radius 3 is 2.47 bits per heavy atom. The number of nitrogens with zero attached hydrogens (tertiary/aromatic N) is 4. The molecule has 0 spiro atoms. The SMILES string of the molecule is CCOc1cccnc1Oc1cncc(-c2ncc(C(=O)N[C@@H]3CCC[C@@H](C)C3)cn2)c1.Cc1ccc(S(=O)(=O)O)cc1. The number of aromatic nitrogens is 4. The van der Waals surface area contributed by atoms with E-state index in [9.17, 15) is 13.2 Å². The standard InChI is InChI=1S/C24H27N5O3.C7H8O3S/c1-3-31-21-8-5-9-26-24(21)32-20-11-17(12-25-15-20)22-27-13-18(14-28-22)23(30)29-19-7-4-6-16(2)10-19;1-6-2-4-7(5-3-6)11(8,9)10/h5,8-9,11-16,19H,3-4,6-7,10H2,1-2H3,(H,29,30);2-5H,1H3,(H,8,9,10)/t16-,19-;/m1./s1. The third-order valence-corrected chi connectivity index (χ3v) is 7.59. The molecule has 43 heavy (non-hydrogen) atoms. The van der Waals surface area contributed by atoms with Gasteiger partial charge in [0.1, 0.15) is 5.75 Å². The Morgan fingerprint density at radius 1 is 1.05 bits per heavy atom. The van der Waals surface area contributed by atoms with Crippen molar-refractivity contribution in [3.8, 4) is 28.8 Å². The third kappa shape index (κ3) is 9.29. The maximum Gasteiger partial charge on any atom is 0.294 e. The lowest BCUT2D eigenvalue weighted by Gasteiger charge is -2.27. The van der Waals surface area contributed by atoms with Crippen molar-refractivity contribution in [2.24, 2.45) is 5.92 Å². The van der Waals surface area contributed by atoms with Crippen LogP contribution in [0.1, 0.15) is 55.5 Å². The van der Waals surface area contributed by atoms with Crippen LogP contribution in [0.15, 0.2) is 78.3 Å². The number of ether oxygens (including phenoxy) is 2. The van der Waals surface area contributed by atoms with E-state index in [0.29, 0.717) is 46.9 Å². The lowest BCUT2D eigenvalue weighted by atomic mass is 9.87. The molecule has 0 bridgehead atoms. The summed E-state index contributed by atoms with van der Waals surface area (Å²) in [5.41, 5.74) is 2.07. The molecule has 12 heteroatoms. The minimum atomic E-state index is -4.02. The van der Waals surface area contributed by atoms with Crippen LogP contribution in [0.3, 0.4) is 0 Å². The van der Waals surface area contributed by atoms with Crippen molar-refractivity contribution in [3.05, 3.63) is 84.6 Å². The smallest absolute Gasteiger partial charge is 0.294 e. The van der Waals surface area contributed by atoms with Crippen LogP contribution in [0, 0.1) is 12.8 Å². The molecule has 226 valence electrons. The summed E-state index contributed by atoms with van der Waals surface area (Å²) in [4.78, 5) is 29.7. The summed E-state index contributed by atoms with van der Waals surface area (Å²) in [6, 6.07) is 11.6. The van der Waals surface area contributed by atoms with Gasteiger partial charge in [-0.1, -0.05) is 37.5 Å². The quantitative estimate of drug-likeness (QED) is 0.240. The first kappa shape index (κ1) is 31.5. The Labute approximate surface area is 251 Å². The van der Waals surface area contributed by atoms with Crippen LogP contribution >= 0.6 is 0 Å². The summed E-state index contributed by atoms with van der Waals surface area (Å²) in [6.45, 7) is 6.48. The Hall–Kier alpha value is -4.42. The van der Waals surface area contributed by atoms with Crippen LogP contribution < -0.4 is 14.8 Å². The highest BCUT2D eigenvalue weighted by atomic mass is 32.2. The van der Waals surface area contributed by atoms with E-state index in [-0.39, 0.29) is 16.8 Å². The van der Waals surface area contributed by atoms with E-state index in [1.807, 2.05) is 13.8 Å². The second-order valence-corrected chi connectivity index (χ2v) is 11.7. The number of amides is 1. The lowest BCUT2D eigenvalue weighted by molar-refractivity contribution is 0.0920. The van der Waals surface area contributed by atoms with Gasteiger partial charge in [0.25, 0.3) is 21.9 Å². The highest BCUT2D eigenvalue weighted by molar-refractivity contribution is 7.85. The lowest BCUT2D eigenvalue weighted by Crippen LogP contribution is -2.38. The Morgan fingerprint density at radius 2 is 1.79 bits per heavy atom. The van der Waals surface area contributed by atoms with Gasteiger partial charge >= 0.3 is 0 Å². The number of rotatable bonds is 8. The number of carbonyl (C=O) groups is 1. The van der Waals surface area contributed by atoms with Crippen molar-refractivity contribution >= 4 is 16.0 Å². The number of hydrogen-bond acceptors (Lipinski definition) is 9. The van der Waals surface area contributed by atoms with Crippen molar-refractivity contribution in [2.45, 2.75) is 57.4 Å². The molecule has 11 nitrogen and oxygen atoms in total. The zero-order valence-corrected chi connectivity index (χ0v) is 25.1. The number of pyridine rings is 2. The highest BCUT2D eigenvalue weighted by Crippen LogP contribution is 2.30. The normalized spacial score (nSPS) is 16.4. The van der Waals surface area contributed by atoms with Crippen LogP contribution in [0.5, 0.6) is 17.4 Å². The Kier molecular flexibility index (Phi) is 10.7. The molecule has 0 radical (unpaired) electrons. The maximum atomic E-state index is 12.6. The second-order valence-electron chi connectivity index (χ2n) is 10.3. The van der Waals surface area contributed by atoms with E-state index in [1.165, 1.54) is 18.6 Å². The molecule has 5 rings (SSSR count). The van der Waals surface area contributed by atoms with Gasteiger partial charge in [0, 0.05) is 36.4 Å². The van der Waals surface area contributed by atoms with E-state index in [2.05, 4.69) is 32.2 Å². The molecule has 0 aliphatic heterocycles. The average molecular weight is 606 g/mol. The fraction of sp³-hybridized carbons (Fsp3) is 0.323. The molecule has 1 aliphatic rings. The molecule has 0 saturated heterocycles. The van der Waals surface area contributed by atoms with Gasteiger partial charge in [0.15, 0.2) is 11.6 Å². The van der Waals surface area contributed by atoms with Crippen molar-refractivity contribution in [1.82, 2.24) is 25.3 Å². The molecule has 3 aromatic heterocycles. The molecule has 1 amide bonds. The molecule has 0 unspecified atom stereocenters. The van der Waals surface area contributed by atoms with Crippen LogP contribution in [0.2, 0.25) is 0 Å². The van der Waals surface area contributed by atoms with Gasteiger partial charge in [-0.2, -0.15) is 8.42 Å². The first-order chi connectivity index (χ1) is 20.6. The average Bonchev–Trinajstić information content (AvgIpc) is 2.99. The van der Waals surface area contributed by atoms with E-state index in [4.69, 9.17) is 14.0 Å². The molecule has 3 heterocycles. The second kappa shape index (κ2) is 14.7. The van der Waals surface area contributed by atoms with Gasteiger partial charge in [-0.3, -0.25) is 14.3 Å². The minimum absolute atomic E-state index is 0.0666. The summed E-state index contributed by atoms with van der Waals surface area (Å²) in [6.07, 6.45) is 12.4. The molecule has 1 aromatic carbocycles. The molecular weight excluding hydrogens is 570 g/mol. The molecule has 1 saturated carbocycles. The summed E-state index contributed by atoms with van der Waals surface area (Å²) < 4.78 is 41.0. The van der Waals surface area contributed by atoms with Crippen molar-refractivity contribution in [1.29, 1.82) is 0 Å². The zero-order chi connectivity index (χ0) is 30.8. The van der Waals surface area contributed by atoms with Crippen LogP contribution in [-0.4, -0.2) is 51.5 Å². The predicted molar refractivity (Wildman–Crippen MR) is 161 cm³/mol. The van der Waals surface area contributed by atoms with E-state index < -0.39 is 10.1 Å². The summed E-state index contributed by atoms with van der Waals surface area (Å²) in [5.74, 6) is 2.36. The van der Waals surface area contributed by atoms with Gasteiger partial charge in [-0.15, -0.1) is 0 Å². The first-order valence-electron chi connectivity index (χ1n) is 14.0. The number of nitrogens with one attached hydrogen (secondary N) is 1. The van der Waals surface area contributed by atoms with Gasteiger partial charge in [-0.25, -0.2) is 15.0 Å². The van der Waals surface area contributed by atoms with E-state index in [0.717, 1.165) is 24.8 Å². The van der Waals surface area contributed by atoms with Gasteiger partial charge in [0.2, 0.25) is 0 Å². The predicted octanol–water partition coefficient (Wildman–Crippen LogP) is 5.67. The van der Waals surface area contributed by atoms with E-state index >= 15 is 0 Å². The van der Waals surface area contributed by atoms with Gasteiger partial charge in [0.05, 0.1) is 23.3 Å². The van der Waals surface area contributed by atoms with Crippen molar-refractivity contribution < 1.29 is 27.2 Å². The summed E-state index contributed by atoms with van der Waals surface area (Å²) in [5, 5.41) is 3.11. The topological polar surface area (TPSA) is 153 Å².